The SMILES string of the molecule is N#CC(C#N)=CNc1c(O)c(S(=O)(=O)O)c(O)c2c1C(=O)c1ccccc1C2=O. The Labute approximate surface area is 163 Å². The lowest BCUT2D eigenvalue weighted by atomic mass is 9.82. The number of phenols is 2. The minimum Gasteiger partial charge on any atom is -0.506 e. The maximum absolute atomic E-state index is 12.9. The number of carbonyl (C=O) groups is 2. The molecule has 0 radical (unpaired) electrons. The zero-order valence-electron chi connectivity index (χ0n) is 14.2. The zero-order valence-corrected chi connectivity index (χ0v) is 15.0. The highest BCUT2D eigenvalue weighted by molar-refractivity contribution is 7.86. The van der Waals surface area contributed by atoms with Crippen LogP contribution in [0.4, 0.5) is 5.69 Å². The fourth-order valence-corrected chi connectivity index (χ4v) is 3.61. The van der Waals surface area contributed by atoms with Gasteiger partial charge in [0.2, 0.25) is 0 Å². The molecular formula is C18H9N3O7S. The van der Waals surface area contributed by atoms with E-state index in [-0.39, 0.29) is 11.1 Å². The lowest BCUT2D eigenvalue weighted by Crippen LogP contribution is -2.23. The van der Waals surface area contributed by atoms with E-state index in [0.717, 1.165) is 6.20 Å². The summed E-state index contributed by atoms with van der Waals surface area (Å²) in [5.74, 6) is -4.33. The van der Waals surface area contributed by atoms with Gasteiger partial charge in [-0.25, -0.2) is 0 Å². The Balaban J connectivity index is 2.45. The number of ketones is 2. The fourth-order valence-electron chi connectivity index (χ4n) is 2.92. The first kappa shape index (κ1) is 19.6. The molecule has 0 amide bonds. The van der Waals surface area contributed by atoms with Crippen LogP contribution in [-0.4, -0.2) is 34.8 Å². The van der Waals surface area contributed by atoms with E-state index in [1.54, 1.807) is 0 Å². The van der Waals surface area contributed by atoms with Crippen LogP contribution in [0.15, 0.2) is 40.9 Å². The van der Waals surface area contributed by atoms with Crippen molar-refractivity contribution in [2.24, 2.45) is 0 Å². The van der Waals surface area contributed by atoms with Gasteiger partial charge < -0.3 is 15.5 Å². The Kier molecular flexibility index (Phi) is 4.56. The number of nitrogens with one attached hydrogen (secondary N) is 1. The number of allylic oxidation sites excluding steroid dienone is 1. The van der Waals surface area contributed by atoms with Crippen molar-refractivity contribution in [3.8, 4) is 23.6 Å². The second-order valence-electron chi connectivity index (χ2n) is 5.76. The maximum Gasteiger partial charge on any atom is 0.302 e. The van der Waals surface area contributed by atoms with Crippen LogP contribution >= 0.6 is 0 Å². The van der Waals surface area contributed by atoms with Gasteiger partial charge in [0.05, 0.1) is 16.8 Å². The molecule has 2 aromatic carbocycles. The molecule has 0 heterocycles. The molecule has 10 nitrogen and oxygen atoms in total. The highest BCUT2D eigenvalue weighted by Gasteiger charge is 2.40. The molecule has 0 saturated heterocycles. The molecule has 0 saturated carbocycles. The molecule has 0 bridgehead atoms. The summed E-state index contributed by atoms with van der Waals surface area (Å²) in [4.78, 5) is 24.4. The summed E-state index contributed by atoms with van der Waals surface area (Å²) in [6.45, 7) is 0. The van der Waals surface area contributed by atoms with E-state index in [1.807, 2.05) is 0 Å². The van der Waals surface area contributed by atoms with Crippen LogP contribution in [0.25, 0.3) is 0 Å². The fraction of sp³-hybridized carbons (Fsp3) is 0. The summed E-state index contributed by atoms with van der Waals surface area (Å²) in [6.07, 6.45) is 0.762. The molecule has 0 atom stereocenters. The number of nitrogens with zero attached hydrogens (tertiary/aromatic N) is 2. The molecular weight excluding hydrogens is 402 g/mol. The van der Waals surface area contributed by atoms with Gasteiger partial charge in [-0.3, -0.25) is 14.1 Å². The van der Waals surface area contributed by atoms with Crippen molar-refractivity contribution in [3.63, 3.8) is 0 Å². The van der Waals surface area contributed by atoms with Gasteiger partial charge in [-0.05, 0) is 0 Å². The van der Waals surface area contributed by atoms with Crippen LogP contribution in [-0.2, 0) is 10.1 Å². The average molecular weight is 411 g/mol. The molecule has 2 aromatic rings. The molecule has 4 N–H and O–H groups in total. The Morgan fingerprint density at radius 2 is 1.48 bits per heavy atom. The standard InChI is InChI=1S/C18H9N3O7S/c19-5-8(6-20)7-21-13-11-12(16(24)18(17(13)25)29(26,27)28)15(23)10-4-2-1-3-9(10)14(11)22/h1-4,7,21,24-25H,(H,26,27,28). The van der Waals surface area contributed by atoms with Crippen LogP contribution < -0.4 is 5.32 Å². The van der Waals surface area contributed by atoms with Gasteiger partial charge in [0, 0.05) is 17.3 Å². The molecule has 11 heteroatoms. The predicted molar refractivity (Wildman–Crippen MR) is 95.8 cm³/mol. The third-order valence-electron chi connectivity index (χ3n) is 4.13. The van der Waals surface area contributed by atoms with E-state index in [1.165, 1.54) is 36.4 Å². The van der Waals surface area contributed by atoms with E-state index < -0.39 is 60.5 Å². The number of nitriles is 2. The van der Waals surface area contributed by atoms with Crippen LogP contribution in [0.3, 0.4) is 0 Å². The third-order valence-corrected chi connectivity index (χ3v) is 5.04. The van der Waals surface area contributed by atoms with E-state index in [4.69, 9.17) is 10.5 Å². The van der Waals surface area contributed by atoms with Crippen molar-refractivity contribution in [2.75, 3.05) is 5.32 Å². The summed E-state index contributed by atoms with van der Waals surface area (Å²) in [5, 5.41) is 40.6. The van der Waals surface area contributed by atoms with E-state index in [9.17, 15) is 32.8 Å². The van der Waals surface area contributed by atoms with Crippen molar-refractivity contribution in [3.05, 3.63) is 58.3 Å². The number of aromatic hydroxyl groups is 2. The number of rotatable bonds is 3. The second-order valence-corrected chi connectivity index (χ2v) is 7.11. The number of fused-ring (bicyclic) bond motifs is 2. The van der Waals surface area contributed by atoms with Crippen molar-refractivity contribution in [2.45, 2.75) is 4.90 Å². The summed E-state index contributed by atoms with van der Waals surface area (Å²) < 4.78 is 32.8. The Hall–Kier alpha value is -4.19. The number of anilines is 1. The second kappa shape index (κ2) is 6.76. The lowest BCUT2D eigenvalue weighted by molar-refractivity contribution is 0.0976. The van der Waals surface area contributed by atoms with E-state index in [0.29, 0.717) is 0 Å². The van der Waals surface area contributed by atoms with Crippen molar-refractivity contribution in [1.29, 1.82) is 10.5 Å². The minimum absolute atomic E-state index is 0.0729. The van der Waals surface area contributed by atoms with Crippen molar-refractivity contribution in [1.82, 2.24) is 0 Å². The third kappa shape index (κ3) is 2.96. The highest BCUT2D eigenvalue weighted by Crippen LogP contribution is 2.47. The number of phenolic OH excluding ortho intramolecular Hbond substituents is 2. The number of carbonyl (C=O) groups excluding carboxylic acids is 2. The first-order chi connectivity index (χ1) is 13.6. The van der Waals surface area contributed by atoms with Gasteiger partial charge in [0.15, 0.2) is 28.0 Å². The van der Waals surface area contributed by atoms with Crippen molar-refractivity contribution < 1.29 is 32.8 Å². The van der Waals surface area contributed by atoms with Gasteiger partial charge in [0.1, 0.15) is 17.7 Å². The zero-order chi connectivity index (χ0) is 21.5. The monoisotopic (exact) mass is 411 g/mol. The normalized spacial score (nSPS) is 12.2. The lowest BCUT2D eigenvalue weighted by Gasteiger charge is -2.23. The molecule has 0 aromatic heterocycles. The van der Waals surface area contributed by atoms with Gasteiger partial charge >= 0.3 is 10.1 Å². The Morgan fingerprint density at radius 3 is 1.97 bits per heavy atom. The van der Waals surface area contributed by atoms with Crippen LogP contribution in [0.1, 0.15) is 31.8 Å². The molecule has 0 fully saturated rings. The highest BCUT2D eigenvalue weighted by atomic mass is 32.2. The predicted octanol–water partition coefficient (Wildman–Crippen LogP) is 1.46. The molecule has 29 heavy (non-hydrogen) atoms. The molecule has 0 unspecified atom stereocenters. The first-order valence-electron chi connectivity index (χ1n) is 7.68. The molecule has 0 spiro atoms. The smallest absolute Gasteiger partial charge is 0.302 e. The average Bonchev–Trinajstić information content (AvgIpc) is 2.67. The summed E-state index contributed by atoms with van der Waals surface area (Å²) in [7, 11) is -5.24. The Bertz CT molecular complexity index is 1310. The number of hydrogen-bond acceptors (Lipinski definition) is 9. The number of benzene rings is 2. The summed E-state index contributed by atoms with van der Waals surface area (Å²) >= 11 is 0. The van der Waals surface area contributed by atoms with Gasteiger partial charge in [-0.15, -0.1) is 0 Å². The van der Waals surface area contributed by atoms with Crippen LogP contribution in [0.2, 0.25) is 0 Å². The molecule has 0 aliphatic heterocycles. The summed E-state index contributed by atoms with van der Waals surface area (Å²) in [6, 6.07) is 8.52. The minimum atomic E-state index is -5.24. The molecule has 144 valence electrons. The maximum atomic E-state index is 12.9. The van der Waals surface area contributed by atoms with Crippen LogP contribution in [0.5, 0.6) is 11.5 Å². The molecule has 1 aliphatic rings. The molecule has 3 rings (SSSR count). The topological polar surface area (TPSA) is 189 Å². The first-order valence-corrected chi connectivity index (χ1v) is 9.12. The van der Waals surface area contributed by atoms with E-state index in [2.05, 4.69) is 5.32 Å². The van der Waals surface area contributed by atoms with Gasteiger partial charge in [-0.1, -0.05) is 24.3 Å². The number of hydrogen-bond donors (Lipinski definition) is 4. The quantitative estimate of drug-likeness (QED) is 0.212. The van der Waals surface area contributed by atoms with Crippen LogP contribution in [0, 0.1) is 22.7 Å². The van der Waals surface area contributed by atoms with Gasteiger partial charge in [-0.2, -0.15) is 18.9 Å². The Morgan fingerprint density at radius 1 is 0.966 bits per heavy atom. The van der Waals surface area contributed by atoms with Gasteiger partial charge in [0.25, 0.3) is 0 Å². The summed E-state index contributed by atoms with van der Waals surface area (Å²) in [5.41, 5.74) is -2.72. The van der Waals surface area contributed by atoms with Crippen molar-refractivity contribution >= 4 is 27.4 Å². The van der Waals surface area contributed by atoms with E-state index >= 15 is 0 Å². The molecule has 1 aliphatic carbocycles. The largest absolute Gasteiger partial charge is 0.506 e.